The van der Waals surface area contributed by atoms with Gasteiger partial charge in [-0.15, -0.1) is 0 Å². The van der Waals surface area contributed by atoms with E-state index in [-0.39, 0.29) is 16.9 Å². The molecule has 0 aromatic heterocycles. The molecule has 0 aliphatic carbocycles. The van der Waals surface area contributed by atoms with Crippen molar-refractivity contribution in [1.29, 1.82) is 0 Å². The summed E-state index contributed by atoms with van der Waals surface area (Å²) >= 11 is 5.71. The van der Waals surface area contributed by atoms with Crippen LogP contribution in [0.3, 0.4) is 0 Å². The van der Waals surface area contributed by atoms with Crippen molar-refractivity contribution < 1.29 is 9.59 Å². The van der Waals surface area contributed by atoms with E-state index in [0.717, 1.165) is 0 Å². The number of benzene rings is 1. The van der Waals surface area contributed by atoms with Crippen LogP contribution < -0.4 is 0 Å². The second kappa shape index (κ2) is 4.24. The Hall–Kier alpha value is -1.09. The number of carbonyl (C=O) groups excluding carboxylic acids is 2. The standard InChI is InChI=1S/C9H6BClO2/c10-5-8(12)9(13)6-3-1-2-4-7(6)11/h1-4H,5H2. The molecule has 0 saturated carbocycles. The van der Waals surface area contributed by atoms with Crippen LogP contribution in [0.15, 0.2) is 24.3 Å². The van der Waals surface area contributed by atoms with Crippen LogP contribution in [0.25, 0.3) is 0 Å². The molecule has 0 atom stereocenters. The van der Waals surface area contributed by atoms with Gasteiger partial charge in [-0.2, -0.15) is 0 Å². The molecule has 64 valence electrons. The Morgan fingerprint density at radius 3 is 2.46 bits per heavy atom. The lowest BCUT2D eigenvalue weighted by Gasteiger charge is -1.99. The van der Waals surface area contributed by atoms with Gasteiger partial charge in [-0.25, -0.2) is 0 Å². The van der Waals surface area contributed by atoms with Gasteiger partial charge in [-0.05, 0) is 18.5 Å². The zero-order chi connectivity index (χ0) is 9.84. The summed E-state index contributed by atoms with van der Waals surface area (Å²) in [6.45, 7) is 0. The Labute approximate surface area is 82.3 Å². The number of halogens is 1. The molecular weight excluding hydrogens is 186 g/mol. The highest BCUT2D eigenvalue weighted by molar-refractivity contribution is 6.52. The average Bonchev–Trinajstić information content (AvgIpc) is 2.16. The third-order valence-corrected chi connectivity index (χ3v) is 1.89. The SMILES string of the molecule is [B]CC(=O)C(=O)c1ccccc1Cl. The van der Waals surface area contributed by atoms with E-state index in [1.807, 2.05) is 0 Å². The van der Waals surface area contributed by atoms with Crippen molar-refractivity contribution in [2.45, 2.75) is 6.32 Å². The van der Waals surface area contributed by atoms with E-state index < -0.39 is 11.6 Å². The van der Waals surface area contributed by atoms with Crippen LogP contribution in [0.1, 0.15) is 10.4 Å². The van der Waals surface area contributed by atoms with Gasteiger partial charge in [0.1, 0.15) is 0 Å². The summed E-state index contributed by atoms with van der Waals surface area (Å²) in [5, 5.41) is 0.273. The van der Waals surface area contributed by atoms with Gasteiger partial charge in [-0.3, -0.25) is 9.59 Å². The molecule has 0 bridgehead atoms. The fourth-order valence-corrected chi connectivity index (χ4v) is 1.11. The van der Waals surface area contributed by atoms with Crippen molar-refractivity contribution in [1.82, 2.24) is 0 Å². The summed E-state index contributed by atoms with van der Waals surface area (Å²) in [4.78, 5) is 22.2. The molecule has 0 fully saturated rings. The average molecular weight is 192 g/mol. The maximum Gasteiger partial charge on any atom is 0.229 e. The van der Waals surface area contributed by atoms with Gasteiger partial charge in [0.2, 0.25) is 5.78 Å². The van der Waals surface area contributed by atoms with E-state index in [9.17, 15) is 9.59 Å². The van der Waals surface area contributed by atoms with Crippen LogP contribution in [0.5, 0.6) is 0 Å². The molecule has 1 aromatic carbocycles. The number of hydrogen-bond acceptors (Lipinski definition) is 2. The first-order valence-electron chi connectivity index (χ1n) is 3.69. The Morgan fingerprint density at radius 1 is 1.31 bits per heavy atom. The van der Waals surface area contributed by atoms with Crippen LogP contribution in [-0.2, 0) is 4.79 Å². The highest BCUT2D eigenvalue weighted by Gasteiger charge is 2.15. The molecule has 0 amide bonds. The summed E-state index contributed by atoms with van der Waals surface area (Å²) in [6.07, 6.45) is -0.288. The predicted octanol–water partition coefficient (Wildman–Crippen LogP) is 1.68. The second-order valence-electron chi connectivity index (χ2n) is 2.44. The summed E-state index contributed by atoms with van der Waals surface area (Å²) in [5.74, 6) is -1.26. The topological polar surface area (TPSA) is 34.1 Å². The molecule has 0 unspecified atom stereocenters. The number of rotatable bonds is 3. The van der Waals surface area contributed by atoms with Gasteiger partial charge < -0.3 is 0 Å². The smallest absolute Gasteiger partial charge is 0.229 e. The molecule has 0 spiro atoms. The van der Waals surface area contributed by atoms with Crippen molar-refractivity contribution in [3.05, 3.63) is 34.9 Å². The van der Waals surface area contributed by atoms with E-state index >= 15 is 0 Å². The Kier molecular flexibility index (Phi) is 3.26. The molecule has 2 radical (unpaired) electrons. The molecule has 1 rings (SSSR count). The quantitative estimate of drug-likeness (QED) is 0.415. The Balaban J connectivity index is 3.02. The van der Waals surface area contributed by atoms with Crippen molar-refractivity contribution in [2.75, 3.05) is 0 Å². The van der Waals surface area contributed by atoms with Gasteiger partial charge in [0.25, 0.3) is 0 Å². The zero-order valence-corrected chi connectivity index (χ0v) is 7.54. The van der Waals surface area contributed by atoms with Gasteiger partial charge in [0.05, 0.1) is 12.9 Å². The van der Waals surface area contributed by atoms with Crippen molar-refractivity contribution >= 4 is 31.0 Å². The molecule has 13 heavy (non-hydrogen) atoms. The van der Waals surface area contributed by atoms with E-state index in [1.54, 1.807) is 18.2 Å². The maximum absolute atomic E-state index is 11.3. The van der Waals surface area contributed by atoms with Crippen molar-refractivity contribution in [2.24, 2.45) is 0 Å². The molecule has 2 nitrogen and oxygen atoms in total. The van der Waals surface area contributed by atoms with Crippen LogP contribution in [0.2, 0.25) is 11.3 Å². The molecule has 0 aliphatic rings. The van der Waals surface area contributed by atoms with Crippen LogP contribution in [0, 0.1) is 0 Å². The predicted molar refractivity (Wildman–Crippen MR) is 51.4 cm³/mol. The lowest BCUT2D eigenvalue weighted by atomic mass is 9.95. The summed E-state index contributed by atoms with van der Waals surface area (Å²) in [5.41, 5.74) is 0.208. The number of hydrogen-bond donors (Lipinski definition) is 0. The first-order chi connectivity index (χ1) is 6.16. The number of ketones is 2. The minimum atomic E-state index is -0.631. The van der Waals surface area contributed by atoms with E-state index in [0.29, 0.717) is 0 Å². The lowest BCUT2D eigenvalue weighted by molar-refractivity contribution is -0.113. The highest BCUT2D eigenvalue weighted by atomic mass is 35.5. The Bertz CT molecular complexity index is 349. The van der Waals surface area contributed by atoms with Gasteiger partial charge >= 0.3 is 0 Å². The minimum absolute atomic E-state index is 0.208. The van der Waals surface area contributed by atoms with Crippen LogP contribution in [-0.4, -0.2) is 19.4 Å². The highest BCUT2D eigenvalue weighted by Crippen LogP contribution is 2.15. The zero-order valence-electron chi connectivity index (χ0n) is 6.79. The van der Waals surface area contributed by atoms with Crippen molar-refractivity contribution in [3.8, 4) is 0 Å². The third kappa shape index (κ3) is 2.19. The lowest BCUT2D eigenvalue weighted by Crippen LogP contribution is -2.13. The first-order valence-corrected chi connectivity index (χ1v) is 4.06. The van der Waals surface area contributed by atoms with Crippen LogP contribution >= 0.6 is 11.6 Å². The van der Waals surface area contributed by atoms with Crippen molar-refractivity contribution in [3.63, 3.8) is 0 Å². The normalized spacial score (nSPS) is 9.62. The van der Waals surface area contributed by atoms with E-state index in [4.69, 9.17) is 19.4 Å². The summed E-state index contributed by atoms with van der Waals surface area (Å²) < 4.78 is 0. The molecule has 0 saturated heterocycles. The molecule has 0 heterocycles. The minimum Gasteiger partial charge on any atom is -0.291 e. The summed E-state index contributed by atoms with van der Waals surface area (Å²) in [6, 6.07) is 6.38. The fourth-order valence-electron chi connectivity index (χ4n) is 0.888. The number of Topliss-reactive ketones (excluding diaryl/α,β-unsaturated/α-hetero) is 2. The largest absolute Gasteiger partial charge is 0.291 e. The van der Waals surface area contributed by atoms with Gasteiger partial charge in [0.15, 0.2) is 5.78 Å². The van der Waals surface area contributed by atoms with Crippen LogP contribution in [0.4, 0.5) is 0 Å². The molecule has 1 aromatic rings. The molecule has 4 heteroatoms. The van der Waals surface area contributed by atoms with Gasteiger partial charge in [-0.1, -0.05) is 23.7 Å². The van der Waals surface area contributed by atoms with E-state index in [2.05, 4.69) is 0 Å². The van der Waals surface area contributed by atoms with E-state index in [1.165, 1.54) is 6.07 Å². The maximum atomic E-state index is 11.3. The first kappa shape index (κ1) is 10.00. The second-order valence-corrected chi connectivity index (χ2v) is 2.84. The molecular formula is C9H6BClO2. The fraction of sp³-hybridized carbons (Fsp3) is 0.111. The molecule has 0 N–H and O–H groups in total. The number of carbonyl (C=O) groups is 2. The third-order valence-electron chi connectivity index (χ3n) is 1.56. The molecule has 0 aliphatic heterocycles. The Morgan fingerprint density at radius 2 is 1.92 bits per heavy atom. The summed E-state index contributed by atoms with van der Waals surface area (Å²) in [7, 11) is 5.05. The monoisotopic (exact) mass is 192 g/mol. The van der Waals surface area contributed by atoms with Gasteiger partial charge in [0, 0.05) is 5.56 Å².